The van der Waals surface area contributed by atoms with Crippen LogP contribution >= 0.6 is 11.3 Å². The number of carbonyl (C=O) groups excluding carboxylic acids is 1. The van der Waals surface area contributed by atoms with Gasteiger partial charge in [-0.15, -0.1) is 11.3 Å². The van der Waals surface area contributed by atoms with Crippen molar-refractivity contribution in [1.82, 2.24) is 14.8 Å². The molecule has 0 aliphatic heterocycles. The summed E-state index contributed by atoms with van der Waals surface area (Å²) in [6, 6.07) is 11.3. The van der Waals surface area contributed by atoms with E-state index < -0.39 is 11.3 Å². The number of nitrogens with one attached hydrogen (secondary N) is 1. The van der Waals surface area contributed by atoms with E-state index in [-0.39, 0.29) is 11.5 Å². The van der Waals surface area contributed by atoms with Crippen LogP contribution in [-0.2, 0) is 7.05 Å². The maximum atomic E-state index is 13.1. The second-order valence-corrected chi connectivity index (χ2v) is 7.18. The first-order valence-corrected chi connectivity index (χ1v) is 9.31. The Morgan fingerprint density at radius 1 is 1.18 bits per heavy atom. The highest BCUT2D eigenvalue weighted by molar-refractivity contribution is 7.14. The molecule has 28 heavy (non-hydrogen) atoms. The number of aromatic nitrogens is 3. The van der Waals surface area contributed by atoms with Crippen LogP contribution in [0.2, 0.25) is 0 Å². The highest BCUT2D eigenvalue weighted by Crippen LogP contribution is 2.25. The average molecular weight is 394 g/mol. The number of anilines is 1. The minimum absolute atomic E-state index is 0.195. The first kappa shape index (κ1) is 18.0. The normalized spacial score (nSPS) is 11.0. The minimum Gasteiger partial charge on any atom is -0.296 e. The summed E-state index contributed by atoms with van der Waals surface area (Å²) in [5.41, 5.74) is 2.29. The van der Waals surface area contributed by atoms with Crippen LogP contribution in [-0.4, -0.2) is 20.7 Å². The molecule has 8 heteroatoms. The lowest BCUT2D eigenvalue weighted by atomic mass is 10.1. The highest BCUT2D eigenvalue weighted by atomic mass is 32.1. The predicted octanol–water partition coefficient (Wildman–Crippen LogP) is 3.76. The van der Waals surface area contributed by atoms with Crippen LogP contribution in [0.15, 0.2) is 52.6 Å². The smallest absolute Gasteiger partial charge is 0.281 e. The maximum Gasteiger partial charge on any atom is 0.281 e. The number of thiazole rings is 1. The van der Waals surface area contributed by atoms with Crippen LogP contribution in [0.3, 0.4) is 0 Å². The van der Waals surface area contributed by atoms with E-state index in [1.165, 1.54) is 28.2 Å². The number of hydrogen-bond acceptors (Lipinski definition) is 5. The van der Waals surface area contributed by atoms with Gasteiger partial charge in [0.2, 0.25) is 5.43 Å². The number of rotatable bonds is 3. The molecule has 2 aromatic carbocycles. The summed E-state index contributed by atoms with van der Waals surface area (Å²) >= 11 is 1.21. The second-order valence-electron chi connectivity index (χ2n) is 6.32. The first-order valence-electron chi connectivity index (χ1n) is 8.43. The van der Waals surface area contributed by atoms with Gasteiger partial charge in [-0.1, -0.05) is 11.6 Å². The fraction of sp³-hybridized carbons (Fsp3) is 0.100. The SMILES string of the molecule is Cc1ccc2c(c1)c(=O)c(C(=O)Nc1nc(-c3ccc(F)cc3)cs1)nn2C. The molecule has 6 nitrogen and oxygen atoms in total. The van der Waals surface area contributed by atoms with Crippen molar-refractivity contribution in [3.05, 3.63) is 75.1 Å². The van der Waals surface area contributed by atoms with Crippen LogP contribution in [0.25, 0.3) is 22.2 Å². The fourth-order valence-corrected chi connectivity index (χ4v) is 3.59. The van der Waals surface area contributed by atoms with E-state index in [1.54, 1.807) is 36.7 Å². The van der Waals surface area contributed by atoms with Crippen molar-refractivity contribution >= 4 is 33.3 Å². The molecule has 2 heterocycles. The Morgan fingerprint density at radius 3 is 2.68 bits per heavy atom. The van der Waals surface area contributed by atoms with Crippen molar-refractivity contribution in [3.8, 4) is 11.3 Å². The molecule has 0 saturated carbocycles. The van der Waals surface area contributed by atoms with Gasteiger partial charge in [0.15, 0.2) is 10.8 Å². The molecule has 0 aliphatic carbocycles. The van der Waals surface area contributed by atoms with Gasteiger partial charge in [0.1, 0.15) is 5.82 Å². The molecular formula is C20H15FN4O2S. The number of fused-ring (bicyclic) bond motifs is 1. The zero-order chi connectivity index (χ0) is 19.8. The van der Waals surface area contributed by atoms with Crippen LogP contribution in [0, 0.1) is 12.7 Å². The van der Waals surface area contributed by atoms with Crippen molar-refractivity contribution in [2.45, 2.75) is 6.92 Å². The molecule has 0 fully saturated rings. The number of hydrogen-bond donors (Lipinski definition) is 1. The third-order valence-corrected chi connectivity index (χ3v) is 5.05. The van der Waals surface area contributed by atoms with Gasteiger partial charge in [-0.05, 0) is 43.3 Å². The Bertz CT molecular complexity index is 1260. The lowest BCUT2D eigenvalue weighted by molar-refractivity contribution is 0.101. The molecule has 0 atom stereocenters. The lowest BCUT2D eigenvalue weighted by Crippen LogP contribution is -2.26. The van der Waals surface area contributed by atoms with Crippen molar-refractivity contribution in [2.75, 3.05) is 5.32 Å². The van der Waals surface area contributed by atoms with E-state index in [9.17, 15) is 14.0 Å². The number of halogens is 1. The quantitative estimate of drug-likeness (QED) is 0.574. The second kappa shape index (κ2) is 6.97. The van der Waals surface area contributed by atoms with E-state index in [0.29, 0.717) is 21.7 Å². The molecule has 0 radical (unpaired) electrons. The molecule has 0 bridgehead atoms. The number of aryl methyl sites for hydroxylation is 2. The standard InChI is InChI=1S/C20H15FN4O2S/c1-11-3-8-16-14(9-11)18(26)17(24-25(16)2)19(27)23-20-22-15(10-28-20)12-4-6-13(21)7-5-12/h3-10H,1-2H3,(H,22,23,27). The lowest BCUT2D eigenvalue weighted by Gasteiger charge is -2.08. The number of nitrogens with zero attached hydrogens (tertiary/aromatic N) is 3. The van der Waals surface area contributed by atoms with Crippen LogP contribution in [0.5, 0.6) is 0 Å². The van der Waals surface area contributed by atoms with Gasteiger partial charge in [-0.3, -0.25) is 19.6 Å². The van der Waals surface area contributed by atoms with Crippen LogP contribution in [0.1, 0.15) is 16.1 Å². The molecule has 4 rings (SSSR count). The minimum atomic E-state index is -0.621. The van der Waals surface area contributed by atoms with Gasteiger partial charge in [0.25, 0.3) is 5.91 Å². The number of carbonyl (C=O) groups is 1. The maximum absolute atomic E-state index is 13.1. The summed E-state index contributed by atoms with van der Waals surface area (Å²) in [7, 11) is 1.68. The molecule has 1 N–H and O–H groups in total. The van der Waals surface area contributed by atoms with Crippen molar-refractivity contribution < 1.29 is 9.18 Å². The average Bonchev–Trinajstić information content (AvgIpc) is 3.13. The van der Waals surface area contributed by atoms with Crippen molar-refractivity contribution in [1.29, 1.82) is 0 Å². The fourth-order valence-electron chi connectivity index (χ4n) is 2.88. The first-order chi connectivity index (χ1) is 13.4. The van der Waals surface area contributed by atoms with Gasteiger partial charge in [-0.25, -0.2) is 9.37 Å². The predicted molar refractivity (Wildman–Crippen MR) is 107 cm³/mol. The topological polar surface area (TPSA) is 76.9 Å². The Kier molecular flexibility index (Phi) is 4.48. The summed E-state index contributed by atoms with van der Waals surface area (Å²) in [5.74, 6) is -0.954. The molecule has 0 unspecified atom stereocenters. The molecule has 4 aromatic rings. The van der Waals surface area contributed by atoms with E-state index >= 15 is 0 Å². The Balaban J connectivity index is 1.65. The summed E-state index contributed by atoms with van der Waals surface area (Å²) in [5, 5.41) is 9.27. The monoisotopic (exact) mass is 394 g/mol. The molecule has 0 spiro atoms. The number of amides is 1. The Morgan fingerprint density at radius 2 is 1.93 bits per heavy atom. The van der Waals surface area contributed by atoms with Gasteiger partial charge in [-0.2, -0.15) is 5.10 Å². The van der Waals surface area contributed by atoms with E-state index in [4.69, 9.17) is 0 Å². The third-order valence-electron chi connectivity index (χ3n) is 4.29. The van der Waals surface area contributed by atoms with Crippen LogP contribution < -0.4 is 10.7 Å². The van der Waals surface area contributed by atoms with E-state index in [2.05, 4.69) is 15.4 Å². The van der Waals surface area contributed by atoms with Crippen molar-refractivity contribution in [3.63, 3.8) is 0 Å². The van der Waals surface area contributed by atoms with E-state index in [1.807, 2.05) is 13.0 Å². The summed E-state index contributed by atoms with van der Waals surface area (Å²) < 4.78 is 14.6. The Labute approximate surface area is 163 Å². The summed E-state index contributed by atoms with van der Waals surface area (Å²) in [4.78, 5) is 29.7. The zero-order valence-electron chi connectivity index (χ0n) is 15.1. The summed E-state index contributed by atoms with van der Waals surface area (Å²) in [6.45, 7) is 1.88. The van der Waals surface area contributed by atoms with Gasteiger partial charge < -0.3 is 0 Å². The molecule has 1 amide bonds. The largest absolute Gasteiger partial charge is 0.296 e. The molecule has 2 aromatic heterocycles. The highest BCUT2D eigenvalue weighted by Gasteiger charge is 2.18. The summed E-state index contributed by atoms with van der Waals surface area (Å²) in [6.07, 6.45) is 0. The molecule has 0 saturated heterocycles. The number of benzene rings is 2. The Hall–Kier alpha value is -3.39. The van der Waals surface area contributed by atoms with Crippen molar-refractivity contribution in [2.24, 2.45) is 7.05 Å². The zero-order valence-corrected chi connectivity index (χ0v) is 15.9. The third kappa shape index (κ3) is 3.29. The van der Waals surface area contributed by atoms with E-state index in [0.717, 1.165) is 11.1 Å². The molecule has 140 valence electrons. The van der Waals surface area contributed by atoms with Crippen LogP contribution in [0.4, 0.5) is 9.52 Å². The molecule has 0 aliphatic rings. The van der Waals surface area contributed by atoms with Gasteiger partial charge in [0.05, 0.1) is 16.6 Å². The van der Waals surface area contributed by atoms with Gasteiger partial charge in [0, 0.05) is 18.0 Å². The van der Waals surface area contributed by atoms with Gasteiger partial charge >= 0.3 is 0 Å². The molecular weight excluding hydrogens is 379 g/mol.